The number of nitrogens with zero attached hydrogens (tertiary/aromatic N) is 1. The van der Waals surface area contributed by atoms with Crippen molar-refractivity contribution in [1.29, 1.82) is 0 Å². The highest BCUT2D eigenvalue weighted by atomic mass is 16.3. The lowest BCUT2D eigenvalue weighted by atomic mass is 10.1. The Kier molecular flexibility index (Phi) is 6.68. The lowest BCUT2D eigenvalue weighted by molar-refractivity contribution is 0.0946. The second-order valence-corrected chi connectivity index (χ2v) is 4.76. The normalized spacial score (nSPS) is 10.6. The third-order valence-electron chi connectivity index (χ3n) is 3.25. The number of para-hydroxylation sites is 1. The number of rotatable bonds is 8. The number of hydrogen-bond donors (Lipinski definition) is 3. The van der Waals surface area contributed by atoms with Gasteiger partial charge in [0.1, 0.15) is 5.75 Å². The first-order valence-corrected chi connectivity index (χ1v) is 7.13. The van der Waals surface area contributed by atoms with Gasteiger partial charge in [-0.15, -0.1) is 0 Å². The molecule has 0 fully saturated rings. The largest absolute Gasteiger partial charge is 0.506 e. The lowest BCUT2D eigenvalue weighted by Crippen LogP contribution is -2.35. The van der Waals surface area contributed by atoms with Gasteiger partial charge in [-0.05, 0) is 31.6 Å². The second-order valence-electron chi connectivity index (χ2n) is 4.76. The van der Waals surface area contributed by atoms with Gasteiger partial charge >= 0.3 is 0 Å². The fourth-order valence-electron chi connectivity index (χ4n) is 2.09. The molecule has 6 nitrogen and oxygen atoms in total. The average Bonchev–Trinajstić information content (AvgIpc) is 2.46. The molecule has 0 bridgehead atoms. The molecule has 0 radical (unpaired) electrons. The Morgan fingerprint density at radius 1 is 1.24 bits per heavy atom. The van der Waals surface area contributed by atoms with Gasteiger partial charge in [-0.2, -0.15) is 0 Å². The van der Waals surface area contributed by atoms with Gasteiger partial charge in [0.05, 0.1) is 11.1 Å². The van der Waals surface area contributed by atoms with Crippen LogP contribution in [0, 0.1) is 0 Å². The van der Waals surface area contributed by atoms with Crippen LogP contribution in [0.4, 0.5) is 0 Å². The first-order chi connectivity index (χ1) is 10.0. The van der Waals surface area contributed by atoms with Gasteiger partial charge in [0.15, 0.2) is 0 Å². The number of nitrogens with two attached hydrogens (primary N) is 1. The average molecular weight is 293 g/mol. The quantitative estimate of drug-likeness (QED) is 0.665. The summed E-state index contributed by atoms with van der Waals surface area (Å²) in [5, 5.41) is 12.6. The van der Waals surface area contributed by atoms with Gasteiger partial charge in [0, 0.05) is 13.1 Å². The SMILES string of the molecule is CCCN(CC)CCNC(=O)c1cccc(C(N)=O)c1O. The summed E-state index contributed by atoms with van der Waals surface area (Å²) in [7, 11) is 0. The molecule has 2 amide bonds. The van der Waals surface area contributed by atoms with Crippen LogP contribution >= 0.6 is 0 Å². The van der Waals surface area contributed by atoms with Crippen LogP contribution in [0.15, 0.2) is 18.2 Å². The molecular weight excluding hydrogens is 270 g/mol. The summed E-state index contributed by atoms with van der Waals surface area (Å²) in [4.78, 5) is 25.4. The maximum absolute atomic E-state index is 12.0. The Labute approximate surface area is 124 Å². The minimum atomic E-state index is -0.762. The van der Waals surface area contributed by atoms with E-state index in [9.17, 15) is 14.7 Å². The third-order valence-corrected chi connectivity index (χ3v) is 3.25. The van der Waals surface area contributed by atoms with Gasteiger partial charge < -0.3 is 21.1 Å². The fraction of sp³-hybridized carbons (Fsp3) is 0.467. The molecule has 0 heterocycles. The van der Waals surface area contributed by atoms with Crippen molar-refractivity contribution < 1.29 is 14.7 Å². The summed E-state index contributed by atoms with van der Waals surface area (Å²) < 4.78 is 0. The molecule has 1 rings (SSSR count). The monoisotopic (exact) mass is 293 g/mol. The Bertz CT molecular complexity index is 503. The summed E-state index contributed by atoms with van der Waals surface area (Å²) >= 11 is 0. The molecule has 6 heteroatoms. The highest BCUT2D eigenvalue weighted by molar-refractivity contribution is 6.03. The van der Waals surface area contributed by atoms with E-state index in [-0.39, 0.29) is 16.9 Å². The molecule has 1 aromatic rings. The minimum Gasteiger partial charge on any atom is -0.506 e. The molecule has 21 heavy (non-hydrogen) atoms. The van der Waals surface area contributed by atoms with Gasteiger partial charge in [0.25, 0.3) is 11.8 Å². The Balaban J connectivity index is 2.64. The van der Waals surface area contributed by atoms with E-state index in [2.05, 4.69) is 24.1 Å². The van der Waals surface area contributed by atoms with Crippen LogP contribution in [-0.4, -0.2) is 48.0 Å². The van der Waals surface area contributed by atoms with Crippen LogP contribution in [-0.2, 0) is 0 Å². The van der Waals surface area contributed by atoms with Crippen LogP contribution in [0.3, 0.4) is 0 Å². The van der Waals surface area contributed by atoms with E-state index >= 15 is 0 Å². The highest BCUT2D eigenvalue weighted by Gasteiger charge is 2.16. The maximum Gasteiger partial charge on any atom is 0.255 e. The first kappa shape index (κ1) is 17.0. The number of amides is 2. The van der Waals surface area contributed by atoms with Crippen molar-refractivity contribution in [3.05, 3.63) is 29.3 Å². The Morgan fingerprint density at radius 2 is 1.90 bits per heavy atom. The number of benzene rings is 1. The first-order valence-electron chi connectivity index (χ1n) is 7.13. The molecule has 0 unspecified atom stereocenters. The minimum absolute atomic E-state index is 0.0520. The number of primary amides is 1. The topological polar surface area (TPSA) is 95.7 Å². The van der Waals surface area contributed by atoms with Crippen LogP contribution in [0.5, 0.6) is 5.75 Å². The van der Waals surface area contributed by atoms with E-state index in [1.807, 2.05) is 0 Å². The van der Waals surface area contributed by atoms with Crippen molar-refractivity contribution in [3.63, 3.8) is 0 Å². The lowest BCUT2D eigenvalue weighted by Gasteiger charge is -2.19. The van der Waals surface area contributed by atoms with Gasteiger partial charge in [0.2, 0.25) is 0 Å². The predicted octanol–water partition coefficient (Wildman–Crippen LogP) is 0.953. The van der Waals surface area contributed by atoms with Crippen molar-refractivity contribution in [3.8, 4) is 5.75 Å². The zero-order valence-electron chi connectivity index (χ0n) is 12.6. The maximum atomic E-state index is 12.0. The molecule has 0 saturated heterocycles. The molecule has 116 valence electrons. The van der Waals surface area contributed by atoms with Crippen molar-refractivity contribution in [2.75, 3.05) is 26.2 Å². The summed E-state index contributed by atoms with van der Waals surface area (Å²) in [6.45, 7) is 7.30. The smallest absolute Gasteiger partial charge is 0.255 e. The van der Waals surface area contributed by atoms with Gasteiger partial charge in [-0.3, -0.25) is 9.59 Å². The second kappa shape index (κ2) is 8.26. The van der Waals surface area contributed by atoms with Crippen LogP contribution in [0.1, 0.15) is 41.0 Å². The van der Waals surface area contributed by atoms with Crippen molar-refractivity contribution >= 4 is 11.8 Å². The molecule has 0 aliphatic carbocycles. The number of carbonyl (C=O) groups is 2. The summed E-state index contributed by atoms with van der Waals surface area (Å²) in [5.41, 5.74) is 5.15. The number of hydrogen-bond acceptors (Lipinski definition) is 4. The van der Waals surface area contributed by atoms with Crippen LogP contribution in [0.25, 0.3) is 0 Å². The Hall–Kier alpha value is -2.08. The van der Waals surface area contributed by atoms with E-state index in [4.69, 9.17) is 5.73 Å². The summed E-state index contributed by atoms with van der Waals surface area (Å²) in [5.74, 6) is -1.55. The molecule has 0 atom stereocenters. The van der Waals surface area contributed by atoms with E-state index in [0.717, 1.165) is 26.1 Å². The number of nitrogens with one attached hydrogen (secondary N) is 1. The third kappa shape index (κ3) is 4.75. The Morgan fingerprint density at radius 3 is 2.48 bits per heavy atom. The molecule has 0 aliphatic heterocycles. The molecule has 0 aliphatic rings. The highest BCUT2D eigenvalue weighted by Crippen LogP contribution is 2.21. The molecule has 0 aromatic heterocycles. The zero-order chi connectivity index (χ0) is 15.8. The predicted molar refractivity (Wildman–Crippen MR) is 81.4 cm³/mol. The van der Waals surface area contributed by atoms with Gasteiger partial charge in [-0.25, -0.2) is 0 Å². The van der Waals surface area contributed by atoms with Gasteiger partial charge in [-0.1, -0.05) is 19.9 Å². The summed E-state index contributed by atoms with van der Waals surface area (Å²) in [6.07, 6.45) is 1.06. The fourth-order valence-corrected chi connectivity index (χ4v) is 2.09. The van der Waals surface area contributed by atoms with E-state index in [1.54, 1.807) is 0 Å². The molecule has 0 spiro atoms. The number of likely N-dealkylation sites (N-methyl/N-ethyl adjacent to an activating group) is 1. The van der Waals surface area contributed by atoms with Crippen LogP contribution in [0.2, 0.25) is 0 Å². The standard InChI is InChI=1S/C15H23N3O3/c1-3-9-18(4-2)10-8-17-15(21)12-7-5-6-11(13(12)19)14(16)20/h5-7,19H,3-4,8-10H2,1-2H3,(H2,16,20)(H,17,21). The van der Waals surface area contributed by atoms with Crippen molar-refractivity contribution in [2.45, 2.75) is 20.3 Å². The molecule has 0 saturated carbocycles. The number of aromatic hydroxyl groups is 1. The summed E-state index contributed by atoms with van der Waals surface area (Å²) in [6, 6.07) is 4.36. The van der Waals surface area contributed by atoms with E-state index < -0.39 is 11.8 Å². The van der Waals surface area contributed by atoms with Crippen LogP contribution < -0.4 is 11.1 Å². The van der Waals surface area contributed by atoms with E-state index in [1.165, 1.54) is 18.2 Å². The molecule has 4 N–H and O–H groups in total. The molecular formula is C15H23N3O3. The number of phenols is 1. The van der Waals surface area contributed by atoms with Crippen molar-refractivity contribution in [1.82, 2.24) is 10.2 Å². The number of carbonyl (C=O) groups excluding carboxylic acids is 2. The van der Waals surface area contributed by atoms with Crippen molar-refractivity contribution in [2.24, 2.45) is 5.73 Å². The zero-order valence-corrected chi connectivity index (χ0v) is 12.6. The van der Waals surface area contributed by atoms with E-state index in [0.29, 0.717) is 6.54 Å². The molecule has 1 aromatic carbocycles.